The van der Waals surface area contributed by atoms with Gasteiger partial charge in [0, 0.05) is 11.9 Å². The topological polar surface area (TPSA) is 51.2 Å². The van der Waals surface area contributed by atoms with Gasteiger partial charge in [-0.1, -0.05) is 30.3 Å². The highest BCUT2D eigenvalue weighted by Gasteiger charge is 2.22. The number of hydrogen-bond donors (Lipinski definition) is 1. The van der Waals surface area contributed by atoms with E-state index in [1.54, 1.807) is 5.51 Å². The van der Waals surface area contributed by atoms with Crippen molar-refractivity contribution in [3.05, 3.63) is 52.5 Å². The Labute approximate surface area is 110 Å². The van der Waals surface area contributed by atoms with Gasteiger partial charge in [-0.2, -0.15) is 0 Å². The van der Waals surface area contributed by atoms with E-state index in [0.29, 0.717) is 12.2 Å². The zero-order chi connectivity index (χ0) is 12.8. The summed E-state index contributed by atoms with van der Waals surface area (Å²) in [7, 11) is 1.38. The third kappa shape index (κ3) is 3.15. The van der Waals surface area contributed by atoms with Crippen LogP contribution in [0.25, 0.3) is 0 Å². The molecule has 1 N–H and O–H groups in total. The SMILES string of the molecule is COC(=O)C(NCc1ccccc1)c1cscn1. The molecule has 1 aromatic heterocycles. The number of nitrogens with zero attached hydrogens (tertiary/aromatic N) is 1. The van der Waals surface area contributed by atoms with E-state index in [1.807, 2.05) is 35.7 Å². The van der Waals surface area contributed by atoms with E-state index in [4.69, 9.17) is 4.74 Å². The summed E-state index contributed by atoms with van der Waals surface area (Å²) in [6, 6.07) is 9.38. The molecule has 2 aromatic rings. The van der Waals surface area contributed by atoms with E-state index in [0.717, 1.165) is 5.56 Å². The molecular formula is C13H14N2O2S. The largest absolute Gasteiger partial charge is 0.468 e. The molecule has 0 fully saturated rings. The van der Waals surface area contributed by atoms with Crippen LogP contribution in [0.1, 0.15) is 17.3 Å². The first kappa shape index (κ1) is 12.7. The summed E-state index contributed by atoms with van der Waals surface area (Å²) in [6.07, 6.45) is 0. The standard InChI is InChI=1S/C13H14N2O2S/c1-17-13(16)12(11-8-18-9-15-11)14-7-10-5-3-2-4-6-10/h2-6,8-9,12,14H,7H2,1H3. The predicted octanol–water partition coefficient (Wildman–Crippen LogP) is 2.15. The monoisotopic (exact) mass is 262 g/mol. The Morgan fingerprint density at radius 2 is 2.22 bits per heavy atom. The van der Waals surface area contributed by atoms with E-state index in [2.05, 4.69) is 10.3 Å². The van der Waals surface area contributed by atoms with Crippen molar-refractivity contribution in [3.8, 4) is 0 Å². The molecule has 0 aliphatic heterocycles. The number of carbonyl (C=O) groups is 1. The van der Waals surface area contributed by atoms with Gasteiger partial charge in [0.25, 0.3) is 0 Å². The summed E-state index contributed by atoms with van der Waals surface area (Å²) in [5.74, 6) is -0.322. The normalized spacial score (nSPS) is 12.1. The van der Waals surface area contributed by atoms with E-state index < -0.39 is 6.04 Å². The van der Waals surface area contributed by atoms with Crippen molar-refractivity contribution >= 4 is 17.3 Å². The highest BCUT2D eigenvalue weighted by atomic mass is 32.1. The fourth-order valence-electron chi connectivity index (χ4n) is 1.61. The third-order valence-corrected chi connectivity index (χ3v) is 3.14. The molecule has 1 atom stereocenters. The van der Waals surface area contributed by atoms with Crippen LogP contribution in [-0.4, -0.2) is 18.1 Å². The molecule has 0 spiro atoms. The third-order valence-electron chi connectivity index (χ3n) is 2.54. The Kier molecular flexibility index (Phi) is 4.44. The lowest BCUT2D eigenvalue weighted by Gasteiger charge is -2.14. The van der Waals surface area contributed by atoms with Crippen LogP contribution < -0.4 is 5.32 Å². The second-order valence-electron chi connectivity index (χ2n) is 3.74. The Morgan fingerprint density at radius 3 is 2.83 bits per heavy atom. The quantitative estimate of drug-likeness (QED) is 0.839. The molecule has 0 bridgehead atoms. The van der Waals surface area contributed by atoms with Gasteiger partial charge in [-0.3, -0.25) is 5.32 Å². The zero-order valence-corrected chi connectivity index (χ0v) is 10.8. The molecule has 0 radical (unpaired) electrons. The van der Waals surface area contributed by atoms with Crippen molar-refractivity contribution < 1.29 is 9.53 Å². The van der Waals surface area contributed by atoms with Gasteiger partial charge in [0.1, 0.15) is 6.04 Å². The van der Waals surface area contributed by atoms with Gasteiger partial charge in [0.05, 0.1) is 18.3 Å². The number of nitrogens with one attached hydrogen (secondary N) is 1. The number of thiazole rings is 1. The molecule has 1 unspecified atom stereocenters. The Morgan fingerprint density at radius 1 is 1.44 bits per heavy atom. The van der Waals surface area contributed by atoms with Gasteiger partial charge < -0.3 is 4.74 Å². The van der Waals surface area contributed by atoms with E-state index in [1.165, 1.54) is 18.4 Å². The van der Waals surface area contributed by atoms with Gasteiger partial charge in [0.2, 0.25) is 0 Å². The Bertz CT molecular complexity index is 485. The summed E-state index contributed by atoms with van der Waals surface area (Å²) >= 11 is 1.46. The Balaban J connectivity index is 2.05. The first-order valence-electron chi connectivity index (χ1n) is 5.54. The van der Waals surface area contributed by atoms with E-state index in [9.17, 15) is 4.79 Å². The van der Waals surface area contributed by atoms with Crippen LogP contribution in [0.15, 0.2) is 41.2 Å². The summed E-state index contributed by atoms with van der Waals surface area (Å²) in [6.45, 7) is 0.595. The van der Waals surface area contributed by atoms with Crippen molar-refractivity contribution in [2.75, 3.05) is 7.11 Å². The molecule has 1 aromatic carbocycles. The maximum Gasteiger partial charge on any atom is 0.329 e. The molecule has 94 valence electrons. The predicted molar refractivity (Wildman–Crippen MR) is 70.2 cm³/mol. The lowest BCUT2D eigenvalue weighted by atomic mass is 10.2. The molecule has 18 heavy (non-hydrogen) atoms. The first-order valence-corrected chi connectivity index (χ1v) is 6.49. The maximum atomic E-state index is 11.7. The fraction of sp³-hybridized carbons (Fsp3) is 0.231. The zero-order valence-electron chi connectivity index (χ0n) is 10.00. The average molecular weight is 262 g/mol. The van der Waals surface area contributed by atoms with Crippen LogP contribution in [0.3, 0.4) is 0 Å². The van der Waals surface area contributed by atoms with Crippen LogP contribution in [-0.2, 0) is 16.1 Å². The molecule has 4 nitrogen and oxygen atoms in total. The van der Waals surface area contributed by atoms with E-state index >= 15 is 0 Å². The van der Waals surface area contributed by atoms with Gasteiger partial charge in [0.15, 0.2) is 0 Å². The lowest BCUT2D eigenvalue weighted by Crippen LogP contribution is -2.29. The average Bonchev–Trinajstić information content (AvgIpc) is 2.94. The van der Waals surface area contributed by atoms with Crippen molar-refractivity contribution in [1.82, 2.24) is 10.3 Å². The molecule has 0 saturated heterocycles. The minimum Gasteiger partial charge on any atom is -0.468 e. The number of ether oxygens (including phenoxy) is 1. The van der Waals surface area contributed by atoms with Crippen molar-refractivity contribution in [2.24, 2.45) is 0 Å². The highest BCUT2D eigenvalue weighted by Crippen LogP contribution is 2.15. The number of benzene rings is 1. The second kappa shape index (κ2) is 6.28. The van der Waals surface area contributed by atoms with E-state index in [-0.39, 0.29) is 5.97 Å². The molecule has 0 aliphatic carbocycles. The van der Waals surface area contributed by atoms with Crippen molar-refractivity contribution in [3.63, 3.8) is 0 Å². The second-order valence-corrected chi connectivity index (χ2v) is 4.45. The van der Waals surface area contributed by atoms with Crippen LogP contribution >= 0.6 is 11.3 Å². The lowest BCUT2D eigenvalue weighted by molar-refractivity contribution is -0.143. The summed E-state index contributed by atoms with van der Waals surface area (Å²) in [5.41, 5.74) is 3.51. The summed E-state index contributed by atoms with van der Waals surface area (Å²) < 4.78 is 4.79. The van der Waals surface area contributed by atoms with Crippen LogP contribution in [0, 0.1) is 0 Å². The van der Waals surface area contributed by atoms with Gasteiger partial charge in [-0.15, -0.1) is 11.3 Å². The summed E-state index contributed by atoms with van der Waals surface area (Å²) in [5, 5.41) is 5.01. The number of carbonyl (C=O) groups excluding carboxylic acids is 1. The molecule has 0 saturated carbocycles. The number of esters is 1. The van der Waals surface area contributed by atoms with Crippen LogP contribution in [0.4, 0.5) is 0 Å². The molecular weight excluding hydrogens is 248 g/mol. The van der Waals surface area contributed by atoms with Crippen molar-refractivity contribution in [2.45, 2.75) is 12.6 Å². The molecule has 0 aliphatic rings. The van der Waals surface area contributed by atoms with Gasteiger partial charge in [-0.05, 0) is 5.56 Å². The minimum atomic E-state index is -0.513. The summed E-state index contributed by atoms with van der Waals surface area (Å²) in [4.78, 5) is 15.9. The Hall–Kier alpha value is -1.72. The molecule has 0 amide bonds. The molecule has 5 heteroatoms. The highest BCUT2D eigenvalue weighted by molar-refractivity contribution is 7.07. The number of hydrogen-bond acceptors (Lipinski definition) is 5. The smallest absolute Gasteiger partial charge is 0.329 e. The van der Waals surface area contributed by atoms with Crippen molar-refractivity contribution in [1.29, 1.82) is 0 Å². The minimum absolute atomic E-state index is 0.322. The van der Waals surface area contributed by atoms with Crippen LogP contribution in [0.5, 0.6) is 0 Å². The molecule has 2 rings (SSSR count). The maximum absolute atomic E-state index is 11.7. The first-order chi connectivity index (χ1) is 8.81. The number of methoxy groups -OCH3 is 1. The number of aromatic nitrogens is 1. The van der Waals surface area contributed by atoms with Gasteiger partial charge in [-0.25, -0.2) is 9.78 Å². The fourth-order valence-corrected chi connectivity index (χ4v) is 2.19. The molecule has 1 heterocycles. The van der Waals surface area contributed by atoms with Crippen LogP contribution in [0.2, 0.25) is 0 Å². The van der Waals surface area contributed by atoms with Gasteiger partial charge >= 0.3 is 5.97 Å². The number of rotatable bonds is 5.